The van der Waals surface area contributed by atoms with Gasteiger partial charge in [-0.2, -0.15) is 0 Å². The summed E-state index contributed by atoms with van der Waals surface area (Å²) in [4.78, 5) is 38.1. The van der Waals surface area contributed by atoms with Crippen LogP contribution in [0.3, 0.4) is 0 Å². The fraction of sp³-hybridized carbons (Fsp3) is 0.721. The van der Waals surface area contributed by atoms with Gasteiger partial charge in [0.2, 0.25) is 0 Å². The van der Waals surface area contributed by atoms with Crippen molar-refractivity contribution in [2.45, 2.75) is 271 Å². The van der Waals surface area contributed by atoms with Crippen molar-refractivity contribution < 1.29 is 28.6 Å². The van der Waals surface area contributed by atoms with Crippen LogP contribution in [-0.2, 0) is 28.6 Å². The molecular weight excluding hydrogens is 829 g/mol. The number of hydrogen-bond acceptors (Lipinski definition) is 6. The third kappa shape index (κ3) is 53.4. The summed E-state index contributed by atoms with van der Waals surface area (Å²) in [6.45, 7) is 6.46. The zero-order chi connectivity index (χ0) is 48.6. The van der Waals surface area contributed by atoms with E-state index in [1.165, 1.54) is 135 Å². The van der Waals surface area contributed by atoms with E-state index in [4.69, 9.17) is 14.2 Å². The lowest BCUT2D eigenvalue weighted by Gasteiger charge is -2.18. The van der Waals surface area contributed by atoms with Crippen LogP contribution >= 0.6 is 0 Å². The lowest BCUT2D eigenvalue weighted by molar-refractivity contribution is -0.167. The number of unbranched alkanes of at least 4 members (excludes halogenated alkanes) is 25. The summed E-state index contributed by atoms with van der Waals surface area (Å²) in [5.41, 5.74) is 0. The molecule has 0 rings (SSSR count). The van der Waals surface area contributed by atoms with Gasteiger partial charge in [-0.15, -0.1) is 0 Å². The molecule has 0 aliphatic heterocycles. The second kappa shape index (κ2) is 55.2. The number of ether oxygens (including phenoxy) is 3. The van der Waals surface area contributed by atoms with Crippen molar-refractivity contribution in [2.24, 2.45) is 0 Å². The Morgan fingerprint density at radius 2 is 0.597 bits per heavy atom. The summed E-state index contributed by atoms with van der Waals surface area (Å²) in [6, 6.07) is 0. The zero-order valence-corrected chi connectivity index (χ0v) is 43.9. The number of allylic oxidation sites excluding steroid dienone is 14. The second-order valence-corrected chi connectivity index (χ2v) is 18.5. The standard InChI is InChI=1S/C61H104O6/c1-4-7-10-13-16-19-22-25-27-29-30-32-34-37-40-43-46-49-52-55-61(64)67-58(56-65-59(62)53-50-47-44-41-38-35-24-21-18-15-12-9-6-3)57-66-60(63)54-51-48-45-42-39-36-33-31-28-26-23-20-17-14-11-8-5-2/h8,11,16-17,19-20,25-28,33,36,42,45,58H,4-7,9-10,12-15,18,21-24,29-32,34-35,37-41,43-44,46-57H2,1-3H3/b11-8-,19-16-,20-17-,27-25-,28-26-,36-33-,45-42-/t58-/m0/s1. The molecule has 0 aromatic carbocycles. The van der Waals surface area contributed by atoms with Crippen molar-refractivity contribution >= 4 is 17.9 Å². The molecular formula is C61H104O6. The van der Waals surface area contributed by atoms with Crippen molar-refractivity contribution in [1.29, 1.82) is 0 Å². The molecule has 0 aromatic rings. The lowest BCUT2D eigenvalue weighted by atomic mass is 10.0. The zero-order valence-electron chi connectivity index (χ0n) is 43.9. The SMILES string of the molecule is CC/C=C\C/C=C\C/C=C\C/C=C\C/C=C\CCCC(=O)OC[C@H](COC(=O)CCCCCCCCCCCCCCC)OC(=O)CCCCCCCCCCC/C=C\C/C=C\CCCCC. The van der Waals surface area contributed by atoms with E-state index < -0.39 is 6.10 Å². The Morgan fingerprint density at radius 3 is 1.00 bits per heavy atom. The maximum atomic E-state index is 12.8. The molecule has 0 aliphatic carbocycles. The van der Waals surface area contributed by atoms with E-state index in [1.54, 1.807) is 0 Å². The molecule has 0 radical (unpaired) electrons. The Hall–Kier alpha value is -3.41. The van der Waals surface area contributed by atoms with Gasteiger partial charge in [-0.3, -0.25) is 14.4 Å². The van der Waals surface area contributed by atoms with E-state index >= 15 is 0 Å². The van der Waals surface area contributed by atoms with Crippen molar-refractivity contribution in [2.75, 3.05) is 13.2 Å². The molecule has 0 saturated carbocycles. The smallest absolute Gasteiger partial charge is 0.306 e. The van der Waals surface area contributed by atoms with Gasteiger partial charge in [0.05, 0.1) is 0 Å². The summed E-state index contributed by atoms with van der Waals surface area (Å²) in [7, 11) is 0. The van der Waals surface area contributed by atoms with E-state index in [0.717, 1.165) is 83.5 Å². The van der Waals surface area contributed by atoms with Gasteiger partial charge in [-0.1, -0.05) is 241 Å². The van der Waals surface area contributed by atoms with Crippen molar-refractivity contribution in [3.05, 3.63) is 85.1 Å². The minimum atomic E-state index is -0.800. The largest absolute Gasteiger partial charge is 0.462 e. The normalized spacial score (nSPS) is 12.7. The van der Waals surface area contributed by atoms with Crippen LogP contribution < -0.4 is 0 Å². The lowest BCUT2D eigenvalue weighted by Crippen LogP contribution is -2.30. The molecule has 0 unspecified atom stereocenters. The Balaban J connectivity index is 4.45. The van der Waals surface area contributed by atoms with E-state index in [9.17, 15) is 14.4 Å². The fourth-order valence-corrected chi connectivity index (χ4v) is 7.68. The summed E-state index contributed by atoms with van der Waals surface area (Å²) >= 11 is 0. The number of carbonyl (C=O) groups excluding carboxylic acids is 3. The molecule has 0 aliphatic rings. The van der Waals surface area contributed by atoms with Gasteiger partial charge in [0.25, 0.3) is 0 Å². The third-order valence-electron chi connectivity index (χ3n) is 11.9. The minimum absolute atomic E-state index is 0.0941. The molecule has 6 nitrogen and oxygen atoms in total. The van der Waals surface area contributed by atoms with E-state index in [2.05, 4.69) is 106 Å². The Morgan fingerprint density at radius 1 is 0.313 bits per heavy atom. The van der Waals surface area contributed by atoms with Crippen LogP contribution in [0.15, 0.2) is 85.1 Å². The van der Waals surface area contributed by atoms with Crippen LogP contribution in [0.2, 0.25) is 0 Å². The maximum absolute atomic E-state index is 12.8. The van der Waals surface area contributed by atoms with Crippen LogP contribution in [0.5, 0.6) is 0 Å². The van der Waals surface area contributed by atoms with Crippen LogP contribution in [-0.4, -0.2) is 37.2 Å². The van der Waals surface area contributed by atoms with Crippen molar-refractivity contribution in [1.82, 2.24) is 0 Å². The highest BCUT2D eigenvalue weighted by Gasteiger charge is 2.19. The molecule has 384 valence electrons. The highest BCUT2D eigenvalue weighted by molar-refractivity contribution is 5.71. The van der Waals surface area contributed by atoms with Crippen LogP contribution in [0.25, 0.3) is 0 Å². The van der Waals surface area contributed by atoms with Gasteiger partial charge in [-0.25, -0.2) is 0 Å². The average Bonchev–Trinajstić information content (AvgIpc) is 3.33. The van der Waals surface area contributed by atoms with Gasteiger partial charge in [-0.05, 0) is 89.9 Å². The second-order valence-electron chi connectivity index (χ2n) is 18.5. The molecule has 0 heterocycles. The van der Waals surface area contributed by atoms with E-state index in [-0.39, 0.29) is 37.5 Å². The third-order valence-corrected chi connectivity index (χ3v) is 11.9. The predicted octanol–water partition coefficient (Wildman–Crippen LogP) is 18.8. The highest BCUT2D eigenvalue weighted by atomic mass is 16.6. The summed E-state index contributed by atoms with van der Waals surface area (Å²) in [6.07, 6.45) is 71.4. The maximum Gasteiger partial charge on any atom is 0.306 e. The van der Waals surface area contributed by atoms with Crippen molar-refractivity contribution in [3.63, 3.8) is 0 Å². The Labute approximate surface area is 414 Å². The average molecular weight is 933 g/mol. The summed E-state index contributed by atoms with van der Waals surface area (Å²) in [5, 5.41) is 0. The van der Waals surface area contributed by atoms with Crippen molar-refractivity contribution in [3.8, 4) is 0 Å². The molecule has 0 saturated heterocycles. The van der Waals surface area contributed by atoms with Gasteiger partial charge < -0.3 is 14.2 Å². The number of rotatable bonds is 50. The quantitative estimate of drug-likeness (QED) is 0.0262. The van der Waals surface area contributed by atoms with Crippen LogP contribution in [0.4, 0.5) is 0 Å². The first-order valence-corrected chi connectivity index (χ1v) is 28.1. The first kappa shape index (κ1) is 63.6. The number of esters is 3. The number of carbonyl (C=O) groups is 3. The van der Waals surface area contributed by atoms with Gasteiger partial charge >= 0.3 is 17.9 Å². The molecule has 0 amide bonds. The minimum Gasteiger partial charge on any atom is -0.462 e. The first-order chi connectivity index (χ1) is 33.0. The van der Waals surface area contributed by atoms with Crippen LogP contribution in [0.1, 0.15) is 265 Å². The fourth-order valence-electron chi connectivity index (χ4n) is 7.68. The molecule has 0 spiro atoms. The molecule has 67 heavy (non-hydrogen) atoms. The predicted molar refractivity (Wildman–Crippen MR) is 288 cm³/mol. The Kier molecular flexibility index (Phi) is 52.4. The molecule has 0 N–H and O–H groups in total. The molecule has 0 bridgehead atoms. The summed E-state index contributed by atoms with van der Waals surface area (Å²) in [5.74, 6) is -0.954. The topological polar surface area (TPSA) is 78.9 Å². The molecule has 0 aromatic heterocycles. The van der Waals surface area contributed by atoms with E-state index in [1.807, 2.05) is 0 Å². The molecule has 1 atom stereocenters. The monoisotopic (exact) mass is 933 g/mol. The van der Waals surface area contributed by atoms with Crippen LogP contribution in [0, 0.1) is 0 Å². The summed E-state index contributed by atoms with van der Waals surface area (Å²) < 4.78 is 16.8. The van der Waals surface area contributed by atoms with Gasteiger partial charge in [0.1, 0.15) is 13.2 Å². The highest BCUT2D eigenvalue weighted by Crippen LogP contribution is 2.15. The molecule has 0 fully saturated rings. The molecule has 6 heteroatoms. The number of hydrogen-bond donors (Lipinski definition) is 0. The van der Waals surface area contributed by atoms with Gasteiger partial charge in [0, 0.05) is 19.3 Å². The Bertz CT molecular complexity index is 1300. The van der Waals surface area contributed by atoms with Gasteiger partial charge in [0.15, 0.2) is 6.10 Å². The van der Waals surface area contributed by atoms with E-state index in [0.29, 0.717) is 19.3 Å². The first-order valence-electron chi connectivity index (χ1n) is 28.1.